The predicted molar refractivity (Wildman–Crippen MR) is 62.7 cm³/mol. The summed E-state index contributed by atoms with van der Waals surface area (Å²) in [7, 11) is 0. The van der Waals surface area contributed by atoms with Crippen LogP contribution in [0.3, 0.4) is 0 Å². The van der Waals surface area contributed by atoms with Gasteiger partial charge in [-0.05, 0) is 18.2 Å². The van der Waals surface area contributed by atoms with Crippen molar-refractivity contribution in [2.24, 2.45) is 0 Å². The standard InChI is InChI=1S/C11H5N3O2S/c12-4-10-13-8(5-17-10)6-1-2-9-7(3-6)14-11(15)16-9/h1-3,5H,(H,14,15). The maximum Gasteiger partial charge on any atom is 0.417 e. The first-order chi connectivity index (χ1) is 8.26. The zero-order valence-electron chi connectivity index (χ0n) is 8.43. The van der Waals surface area contributed by atoms with Crippen LogP contribution >= 0.6 is 11.3 Å². The van der Waals surface area contributed by atoms with Crippen LogP contribution in [0.5, 0.6) is 0 Å². The first-order valence-corrected chi connectivity index (χ1v) is 5.63. The fourth-order valence-corrected chi connectivity index (χ4v) is 2.18. The summed E-state index contributed by atoms with van der Waals surface area (Å²) in [6, 6.07) is 7.27. The second-order valence-corrected chi connectivity index (χ2v) is 4.23. The molecule has 0 aliphatic heterocycles. The van der Waals surface area contributed by atoms with Gasteiger partial charge in [-0.3, -0.25) is 4.98 Å². The lowest BCUT2D eigenvalue weighted by molar-refractivity contribution is 0.555. The number of fused-ring (bicyclic) bond motifs is 1. The Bertz CT molecular complexity index is 791. The third-order valence-electron chi connectivity index (χ3n) is 2.31. The number of H-pyrrole nitrogens is 1. The monoisotopic (exact) mass is 243 g/mol. The van der Waals surface area contributed by atoms with Gasteiger partial charge in [0.05, 0.1) is 11.2 Å². The highest BCUT2D eigenvalue weighted by Crippen LogP contribution is 2.24. The highest BCUT2D eigenvalue weighted by atomic mass is 32.1. The average molecular weight is 243 g/mol. The van der Waals surface area contributed by atoms with Crippen LogP contribution in [0.15, 0.2) is 32.8 Å². The molecular weight excluding hydrogens is 238 g/mol. The third kappa shape index (κ3) is 1.62. The molecule has 0 aliphatic carbocycles. The molecule has 82 valence electrons. The molecule has 5 nitrogen and oxygen atoms in total. The Kier molecular flexibility index (Phi) is 2.06. The smallest absolute Gasteiger partial charge is 0.408 e. The number of oxazole rings is 1. The van der Waals surface area contributed by atoms with Gasteiger partial charge in [-0.25, -0.2) is 9.78 Å². The molecule has 6 heteroatoms. The molecule has 0 unspecified atom stereocenters. The van der Waals surface area contributed by atoms with Crippen LogP contribution in [-0.2, 0) is 0 Å². The van der Waals surface area contributed by atoms with E-state index in [1.807, 2.05) is 6.07 Å². The number of hydrogen-bond donors (Lipinski definition) is 1. The molecule has 3 rings (SSSR count). The van der Waals surface area contributed by atoms with Gasteiger partial charge in [0.15, 0.2) is 10.6 Å². The maximum atomic E-state index is 11.0. The molecule has 0 atom stereocenters. The van der Waals surface area contributed by atoms with Crippen LogP contribution in [0.25, 0.3) is 22.4 Å². The number of aromatic amines is 1. The number of nitriles is 1. The number of rotatable bonds is 1. The van der Waals surface area contributed by atoms with Crippen LogP contribution < -0.4 is 5.76 Å². The van der Waals surface area contributed by atoms with E-state index in [0.29, 0.717) is 16.1 Å². The van der Waals surface area contributed by atoms with Gasteiger partial charge in [0.2, 0.25) is 0 Å². The Labute approximate surface area is 99.0 Å². The Morgan fingerprint density at radius 2 is 2.35 bits per heavy atom. The zero-order valence-corrected chi connectivity index (χ0v) is 9.25. The van der Waals surface area contributed by atoms with E-state index in [1.165, 1.54) is 11.3 Å². The number of aromatic nitrogens is 2. The van der Waals surface area contributed by atoms with Crippen molar-refractivity contribution in [3.05, 3.63) is 39.1 Å². The van der Waals surface area contributed by atoms with Crippen LogP contribution in [0.1, 0.15) is 5.01 Å². The van der Waals surface area contributed by atoms with E-state index < -0.39 is 5.76 Å². The predicted octanol–water partition coefficient (Wildman–Crippen LogP) is 2.12. The van der Waals surface area contributed by atoms with E-state index >= 15 is 0 Å². The molecule has 0 spiro atoms. The summed E-state index contributed by atoms with van der Waals surface area (Å²) in [6.07, 6.45) is 0. The third-order valence-corrected chi connectivity index (χ3v) is 3.06. The number of thiazole rings is 1. The van der Waals surface area contributed by atoms with E-state index in [9.17, 15) is 4.79 Å². The second kappa shape index (κ2) is 3.57. The lowest BCUT2D eigenvalue weighted by Crippen LogP contribution is -1.92. The highest BCUT2D eigenvalue weighted by molar-refractivity contribution is 7.10. The van der Waals surface area contributed by atoms with Crippen LogP contribution in [0.2, 0.25) is 0 Å². The summed E-state index contributed by atoms with van der Waals surface area (Å²) in [5.41, 5.74) is 2.69. The van der Waals surface area contributed by atoms with Gasteiger partial charge in [0.1, 0.15) is 6.07 Å². The van der Waals surface area contributed by atoms with E-state index in [2.05, 4.69) is 9.97 Å². The van der Waals surface area contributed by atoms with Crippen molar-refractivity contribution in [2.45, 2.75) is 0 Å². The van der Waals surface area contributed by atoms with Crippen molar-refractivity contribution in [3.63, 3.8) is 0 Å². The first kappa shape index (κ1) is 9.81. The van der Waals surface area contributed by atoms with Crippen LogP contribution in [-0.4, -0.2) is 9.97 Å². The Morgan fingerprint density at radius 3 is 3.12 bits per heavy atom. The van der Waals surface area contributed by atoms with E-state index in [1.54, 1.807) is 23.6 Å². The van der Waals surface area contributed by atoms with Gasteiger partial charge in [-0.1, -0.05) is 0 Å². The minimum atomic E-state index is -0.479. The molecule has 0 radical (unpaired) electrons. The van der Waals surface area contributed by atoms with Crippen molar-refractivity contribution < 1.29 is 4.42 Å². The molecular formula is C11H5N3O2S. The second-order valence-electron chi connectivity index (χ2n) is 3.38. The SMILES string of the molecule is N#Cc1nc(-c2ccc3oc(=O)[nH]c3c2)cs1. The lowest BCUT2D eigenvalue weighted by atomic mass is 10.1. The average Bonchev–Trinajstić information content (AvgIpc) is 2.92. The Balaban J connectivity index is 2.17. The minimum absolute atomic E-state index is 0.417. The molecule has 0 amide bonds. The number of nitrogens with zero attached hydrogens (tertiary/aromatic N) is 2. The topological polar surface area (TPSA) is 82.7 Å². The molecule has 0 aliphatic rings. The summed E-state index contributed by atoms with van der Waals surface area (Å²) in [4.78, 5) is 17.7. The van der Waals surface area contributed by atoms with Crippen molar-refractivity contribution >= 4 is 22.4 Å². The molecule has 3 aromatic rings. The fourth-order valence-electron chi connectivity index (χ4n) is 1.57. The lowest BCUT2D eigenvalue weighted by Gasteiger charge is -1.94. The van der Waals surface area contributed by atoms with Crippen molar-refractivity contribution in [1.82, 2.24) is 9.97 Å². The molecule has 0 saturated heterocycles. The maximum absolute atomic E-state index is 11.0. The van der Waals surface area contributed by atoms with Gasteiger partial charge in [0, 0.05) is 10.9 Å². The van der Waals surface area contributed by atoms with Gasteiger partial charge < -0.3 is 4.42 Å². The van der Waals surface area contributed by atoms with E-state index in [0.717, 1.165) is 11.3 Å². The summed E-state index contributed by atoms with van der Waals surface area (Å²) in [6.45, 7) is 0. The number of nitrogens with one attached hydrogen (secondary N) is 1. The molecule has 2 heterocycles. The van der Waals surface area contributed by atoms with Crippen molar-refractivity contribution in [3.8, 4) is 17.3 Å². The zero-order chi connectivity index (χ0) is 11.8. The van der Waals surface area contributed by atoms with Gasteiger partial charge in [-0.2, -0.15) is 5.26 Å². The minimum Gasteiger partial charge on any atom is -0.408 e. The molecule has 1 aromatic carbocycles. The first-order valence-electron chi connectivity index (χ1n) is 4.75. The quantitative estimate of drug-likeness (QED) is 0.709. The molecule has 0 saturated carbocycles. The summed E-state index contributed by atoms with van der Waals surface area (Å²) in [5, 5.41) is 10.9. The van der Waals surface area contributed by atoms with E-state index in [-0.39, 0.29) is 0 Å². The van der Waals surface area contributed by atoms with Crippen LogP contribution in [0, 0.1) is 11.3 Å². The largest absolute Gasteiger partial charge is 0.417 e. The molecule has 0 fully saturated rings. The highest BCUT2D eigenvalue weighted by Gasteiger charge is 2.07. The summed E-state index contributed by atoms with van der Waals surface area (Å²) < 4.78 is 4.90. The normalized spacial score (nSPS) is 10.5. The fraction of sp³-hybridized carbons (Fsp3) is 0. The molecule has 2 aromatic heterocycles. The number of benzene rings is 1. The Hall–Kier alpha value is -2.39. The molecule has 17 heavy (non-hydrogen) atoms. The molecule has 1 N–H and O–H groups in total. The summed E-state index contributed by atoms with van der Waals surface area (Å²) >= 11 is 1.29. The summed E-state index contributed by atoms with van der Waals surface area (Å²) in [5.74, 6) is -0.479. The number of hydrogen-bond acceptors (Lipinski definition) is 5. The molecule has 0 bridgehead atoms. The van der Waals surface area contributed by atoms with Crippen molar-refractivity contribution in [1.29, 1.82) is 5.26 Å². The van der Waals surface area contributed by atoms with Gasteiger partial charge in [-0.15, -0.1) is 11.3 Å². The van der Waals surface area contributed by atoms with Crippen molar-refractivity contribution in [2.75, 3.05) is 0 Å². The van der Waals surface area contributed by atoms with E-state index in [4.69, 9.17) is 9.68 Å². The Morgan fingerprint density at radius 1 is 1.47 bits per heavy atom. The van der Waals surface area contributed by atoms with Gasteiger partial charge in [0.25, 0.3) is 0 Å². The van der Waals surface area contributed by atoms with Gasteiger partial charge >= 0.3 is 5.76 Å². The van der Waals surface area contributed by atoms with Crippen LogP contribution in [0.4, 0.5) is 0 Å².